The summed E-state index contributed by atoms with van der Waals surface area (Å²) < 4.78 is 6.30. The van der Waals surface area contributed by atoms with Crippen molar-refractivity contribution in [3.63, 3.8) is 0 Å². The maximum atomic E-state index is 13.2. The molecule has 1 heterocycles. The van der Waals surface area contributed by atoms with E-state index >= 15 is 0 Å². The first-order chi connectivity index (χ1) is 23.7. The second-order valence-electron chi connectivity index (χ2n) is 21.0. The molecule has 0 spiro atoms. The van der Waals surface area contributed by atoms with Gasteiger partial charge in [-0.1, -0.05) is 60.6 Å². The molecule has 6 aliphatic rings. The zero-order valence-electron chi connectivity index (χ0n) is 33.8. The minimum absolute atomic E-state index is 0.0369. The summed E-state index contributed by atoms with van der Waals surface area (Å²) >= 11 is 0. The van der Waals surface area contributed by atoms with Gasteiger partial charge in [0.1, 0.15) is 6.10 Å². The molecular formula is C44H72N2O5. The predicted octanol–water partition coefficient (Wildman–Crippen LogP) is 9.05. The Kier molecular flexibility index (Phi) is 10.2. The second-order valence-corrected chi connectivity index (χ2v) is 21.0. The van der Waals surface area contributed by atoms with E-state index in [4.69, 9.17) is 4.74 Å². The van der Waals surface area contributed by atoms with Gasteiger partial charge in [-0.15, -0.1) is 0 Å². The van der Waals surface area contributed by atoms with Crippen LogP contribution in [0.4, 0.5) is 0 Å². The van der Waals surface area contributed by atoms with Crippen LogP contribution in [0.25, 0.3) is 0 Å². The van der Waals surface area contributed by atoms with Gasteiger partial charge in [-0.3, -0.25) is 14.4 Å². The van der Waals surface area contributed by atoms with Gasteiger partial charge in [0.05, 0.1) is 12.8 Å². The van der Waals surface area contributed by atoms with Crippen LogP contribution < -0.4 is 5.32 Å². The van der Waals surface area contributed by atoms with Crippen LogP contribution in [0.1, 0.15) is 152 Å². The van der Waals surface area contributed by atoms with Gasteiger partial charge in [-0.05, 0) is 147 Å². The Morgan fingerprint density at radius 2 is 1.59 bits per heavy atom. The number of amides is 1. The molecule has 5 aliphatic carbocycles. The lowest BCUT2D eigenvalue weighted by Crippen LogP contribution is -2.66. The third-order valence-electron chi connectivity index (χ3n) is 17.3. The first-order valence-corrected chi connectivity index (χ1v) is 20.7. The lowest BCUT2D eigenvalue weighted by molar-refractivity contribution is -0.250. The van der Waals surface area contributed by atoms with Crippen LogP contribution in [0.5, 0.6) is 0 Å². The first-order valence-electron chi connectivity index (χ1n) is 20.7. The van der Waals surface area contributed by atoms with Crippen LogP contribution >= 0.6 is 0 Å². The molecule has 0 bridgehead atoms. The maximum absolute atomic E-state index is 13.2. The Morgan fingerprint density at radius 3 is 2.25 bits per heavy atom. The van der Waals surface area contributed by atoms with Crippen LogP contribution in [0.15, 0.2) is 12.2 Å². The number of aliphatic carboxylic acids is 1. The zero-order valence-corrected chi connectivity index (χ0v) is 33.8. The number of carboxylic acid groups (broad SMARTS) is 1. The van der Waals surface area contributed by atoms with Gasteiger partial charge in [0.25, 0.3) is 0 Å². The third-order valence-corrected chi connectivity index (χ3v) is 17.3. The molecule has 7 heteroatoms. The molecule has 1 saturated heterocycles. The van der Waals surface area contributed by atoms with E-state index in [9.17, 15) is 19.5 Å². The summed E-state index contributed by atoms with van der Waals surface area (Å²) in [5.41, 5.74) is 1.82. The standard InChI is InChI=1S/C44H72N2O5/c1-28(2)31-13-19-44(22-24-46-23-16-30(27-46)45-29(3)47)21-20-42(9)32(38(31)44)11-12-34-41(8)17-15-35(40(6,7)33(41)14-18-43(34,42)10)51-37(50)26-39(4,5)25-36(48)49/h30-35,38H,1,11-27H2,2-10H3,(H,45,47)(H,48,49)/t30?,31-,32+,33-,34+,35-,38+,41-,42+,43+,44+/m0/s1. The number of esters is 1. The van der Waals surface area contributed by atoms with Gasteiger partial charge in [-0.25, -0.2) is 0 Å². The van der Waals surface area contributed by atoms with Gasteiger partial charge in [0, 0.05) is 31.5 Å². The van der Waals surface area contributed by atoms with Gasteiger partial charge >= 0.3 is 11.9 Å². The first kappa shape index (κ1) is 38.8. The average molecular weight is 709 g/mol. The molecule has 288 valence electrons. The number of likely N-dealkylation sites (tertiary alicyclic amines) is 1. The third kappa shape index (κ3) is 6.64. The number of carboxylic acids is 1. The van der Waals surface area contributed by atoms with Crippen LogP contribution in [0.3, 0.4) is 0 Å². The van der Waals surface area contributed by atoms with Crippen molar-refractivity contribution in [2.24, 2.45) is 62.1 Å². The number of fused-ring (bicyclic) bond motifs is 7. The number of allylic oxidation sites excluding steroid dienone is 1. The number of carbonyl (C=O) groups is 3. The largest absolute Gasteiger partial charge is 0.481 e. The number of ether oxygens (including phenoxy) is 1. The second kappa shape index (κ2) is 13.4. The summed E-state index contributed by atoms with van der Waals surface area (Å²) in [6.07, 6.45) is 14.6. The van der Waals surface area contributed by atoms with Crippen molar-refractivity contribution in [3.8, 4) is 0 Å². The summed E-state index contributed by atoms with van der Waals surface area (Å²) in [4.78, 5) is 39.0. The molecule has 1 amide bonds. The number of nitrogens with one attached hydrogen (secondary N) is 1. The Bertz CT molecular complexity index is 1390. The Balaban J connectivity index is 1.20. The van der Waals surface area contributed by atoms with E-state index in [2.05, 4.69) is 58.3 Å². The Morgan fingerprint density at radius 1 is 0.863 bits per heavy atom. The highest BCUT2D eigenvalue weighted by Gasteiger charge is 2.71. The van der Waals surface area contributed by atoms with Crippen molar-refractivity contribution in [2.45, 2.75) is 164 Å². The molecule has 0 aromatic rings. The van der Waals surface area contributed by atoms with Crippen molar-refractivity contribution in [3.05, 3.63) is 12.2 Å². The van der Waals surface area contributed by atoms with Crippen molar-refractivity contribution in [1.82, 2.24) is 10.2 Å². The molecule has 1 unspecified atom stereocenters. The summed E-state index contributed by atoms with van der Waals surface area (Å²) in [5.74, 6) is 2.17. The quantitative estimate of drug-likeness (QED) is 0.174. The fourth-order valence-electron chi connectivity index (χ4n) is 14.8. The fourth-order valence-corrected chi connectivity index (χ4v) is 14.8. The van der Waals surface area contributed by atoms with Gasteiger partial charge < -0.3 is 20.1 Å². The number of nitrogens with zero attached hydrogens (tertiary/aromatic N) is 1. The average Bonchev–Trinajstić information content (AvgIpc) is 3.61. The highest BCUT2D eigenvalue weighted by atomic mass is 16.5. The summed E-state index contributed by atoms with van der Waals surface area (Å²) in [6.45, 7) is 28.3. The van der Waals surface area contributed by atoms with Gasteiger partial charge in [0.15, 0.2) is 0 Å². The highest BCUT2D eigenvalue weighted by molar-refractivity contribution is 5.73. The minimum Gasteiger partial charge on any atom is -0.481 e. The molecule has 7 nitrogen and oxygen atoms in total. The van der Waals surface area contributed by atoms with Gasteiger partial charge in [-0.2, -0.15) is 0 Å². The molecule has 2 N–H and O–H groups in total. The molecule has 0 aromatic heterocycles. The molecule has 51 heavy (non-hydrogen) atoms. The number of hydrogen-bond acceptors (Lipinski definition) is 5. The molecule has 6 fully saturated rings. The Labute approximate surface area is 309 Å². The smallest absolute Gasteiger partial charge is 0.306 e. The molecular weight excluding hydrogens is 636 g/mol. The SMILES string of the molecule is C=C(C)[C@@H]1CC[C@]2(CCN3CCC(NC(C)=O)C3)CC[C@]3(C)[C@H](CC[C@@H]4[C@@]5(C)CC[C@H](OC(=O)CC(C)(C)CC(=O)O)C(C)(C)[C@@H]5CC[C@]43C)[C@@H]12. The summed E-state index contributed by atoms with van der Waals surface area (Å²) in [5, 5.41) is 12.5. The van der Waals surface area contributed by atoms with E-state index in [1.807, 2.05) is 13.8 Å². The molecule has 11 atom stereocenters. The zero-order chi connectivity index (χ0) is 37.4. The molecule has 1 aliphatic heterocycles. The fraction of sp³-hybridized carbons (Fsp3) is 0.886. The van der Waals surface area contributed by atoms with E-state index in [0.717, 1.165) is 44.8 Å². The minimum atomic E-state index is -0.873. The van der Waals surface area contributed by atoms with Crippen LogP contribution in [0.2, 0.25) is 0 Å². The molecule has 0 radical (unpaired) electrons. The van der Waals surface area contributed by atoms with E-state index in [-0.39, 0.29) is 47.1 Å². The monoisotopic (exact) mass is 709 g/mol. The van der Waals surface area contributed by atoms with Crippen LogP contribution in [-0.4, -0.2) is 59.6 Å². The summed E-state index contributed by atoms with van der Waals surface area (Å²) in [7, 11) is 0. The van der Waals surface area contributed by atoms with E-state index in [0.29, 0.717) is 40.5 Å². The summed E-state index contributed by atoms with van der Waals surface area (Å²) in [6, 6.07) is 0.298. The predicted molar refractivity (Wildman–Crippen MR) is 203 cm³/mol. The normalized spacial score (nSPS) is 43.3. The lowest BCUT2D eigenvalue weighted by atomic mass is 9.32. The molecule has 0 aromatic carbocycles. The van der Waals surface area contributed by atoms with Crippen molar-refractivity contribution >= 4 is 17.8 Å². The topological polar surface area (TPSA) is 95.9 Å². The lowest BCUT2D eigenvalue weighted by Gasteiger charge is -2.73. The number of carbonyl (C=O) groups excluding carboxylic acids is 2. The van der Waals surface area contributed by atoms with E-state index in [1.54, 1.807) is 6.92 Å². The molecule has 5 saturated carbocycles. The van der Waals surface area contributed by atoms with Crippen molar-refractivity contribution < 1.29 is 24.2 Å². The number of hydrogen-bond donors (Lipinski definition) is 2. The number of rotatable bonds is 10. The molecule has 6 rings (SSSR count). The van der Waals surface area contributed by atoms with Crippen molar-refractivity contribution in [1.29, 1.82) is 0 Å². The highest BCUT2D eigenvalue weighted by Crippen LogP contribution is 2.78. The maximum Gasteiger partial charge on any atom is 0.306 e. The van der Waals surface area contributed by atoms with E-state index in [1.165, 1.54) is 63.4 Å². The van der Waals surface area contributed by atoms with Crippen LogP contribution in [-0.2, 0) is 19.1 Å². The van der Waals surface area contributed by atoms with Crippen LogP contribution in [0, 0.1) is 62.1 Å². The van der Waals surface area contributed by atoms with Crippen molar-refractivity contribution in [2.75, 3.05) is 19.6 Å². The van der Waals surface area contributed by atoms with Gasteiger partial charge in [0.2, 0.25) is 5.91 Å². The Hall–Kier alpha value is -1.89. The van der Waals surface area contributed by atoms with E-state index < -0.39 is 11.4 Å².